The van der Waals surface area contributed by atoms with Crippen LogP contribution in [0.25, 0.3) is 10.9 Å². The fourth-order valence-electron chi connectivity index (χ4n) is 4.50. The Morgan fingerprint density at radius 2 is 2.00 bits per heavy atom. The van der Waals surface area contributed by atoms with Crippen LogP contribution in [-0.2, 0) is 11.2 Å². The highest BCUT2D eigenvalue weighted by Crippen LogP contribution is 2.31. The summed E-state index contributed by atoms with van der Waals surface area (Å²) in [6.07, 6.45) is 3.65. The highest BCUT2D eigenvalue weighted by molar-refractivity contribution is 5.96. The third-order valence-corrected chi connectivity index (χ3v) is 6.16. The number of likely N-dealkylation sites (tertiary alicyclic amines) is 1. The molecule has 1 aliphatic heterocycles. The van der Waals surface area contributed by atoms with E-state index in [9.17, 15) is 10.1 Å². The summed E-state index contributed by atoms with van der Waals surface area (Å²) in [5.41, 5.74) is 5.48. The van der Waals surface area contributed by atoms with E-state index in [4.69, 9.17) is 4.74 Å². The predicted molar refractivity (Wildman–Crippen MR) is 126 cm³/mol. The van der Waals surface area contributed by atoms with E-state index in [1.54, 1.807) is 13.3 Å². The molecule has 0 atom stereocenters. The number of rotatable bonds is 5. The average Bonchev–Trinajstić information content (AvgIpc) is 2.80. The van der Waals surface area contributed by atoms with Crippen LogP contribution >= 0.6 is 0 Å². The summed E-state index contributed by atoms with van der Waals surface area (Å²) >= 11 is 0. The number of carbonyl (C=O) groups is 1. The Hall–Kier alpha value is -3.59. The van der Waals surface area contributed by atoms with Crippen LogP contribution < -0.4 is 10.1 Å². The van der Waals surface area contributed by atoms with Gasteiger partial charge >= 0.3 is 0 Å². The van der Waals surface area contributed by atoms with Gasteiger partial charge < -0.3 is 15.0 Å². The molecule has 1 aromatic heterocycles. The smallest absolute Gasteiger partial charge is 0.227 e. The zero-order valence-corrected chi connectivity index (χ0v) is 18.8. The van der Waals surface area contributed by atoms with Crippen LogP contribution in [0.5, 0.6) is 5.75 Å². The minimum atomic E-state index is 0.117. The molecule has 1 N–H and O–H groups in total. The van der Waals surface area contributed by atoms with Gasteiger partial charge in [-0.05, 0) is 44.4 Å². The largest absolute Gasteiger partial charge is 0.496 e. The summed E-state index contributed by atoms with van der Waals surface area (Å²) in [4.78, 5) is 19.3. The van der Waals surface area contributed by atoms with E-state index in [0.717, 1.165) is 51.9 Å². The van der Waals surface area contributed by atoms with E-state index in [-0.39, 0.29) is 11.9 Å². The Bertz CT molecular complexity index is 1190. The van der Waals surface area contributed by atoms with Crippen LogP contribution in [0, 0.1) is 25.2 Å². The number of aryl methyl sites for hydroxylation is 2. The van der Waals surface area contributed by atoms with Gasteiger partial charge in [0.25, 0.3) is 0 Å². The van der Waals surface area contributed by atoms with E-state index < -0.39 is 0 Å². The summed E-state index contributed by atoms with van der Waals surface area (Å²) in [7, 11) is 1.63. The lowest BCUT2D eigenvalue weighted by Gasteiger charge is -2.33. The van der Waals surface area contributed by atoms with Crippen LogP contribution in [0.1, 0.15) is 35.1 Å². The van der Waals surface area contributed by atoms with E-state index in [2.05, 4.69) is 35.4 Å². The van der Waals surface area contributed by atoms with Gasteiger partial charge in [0.05, 0.1) is 30.3 Å². The van der Waals surface area contributed by atoms with E-state index >= 15 is 0 Å². The number of pyridine rings is 1. The molecule has 2 aromatic carbocycles. The van der Waals surface area contributed by atoms with Crippen molar-refractivity contribution in [3.63, 3.8) is 0 Å². The number of methoxy groups -OCH3 is 1. The van der Waals surface area contributed by atoms with Crippen LogP contribution in [0.3, 0.4) is 0 Å². The summed E-state index contributed by atoms with van der Waals surface area (Å²) in [5, 5.41) is 14.2. The van der Waals surface area contributed by atoms with Crippen molar-refractivity contribution in [1.29, 1.82) is 5.26 Å². The number of benzene rings is 2. The molecule has 3 aromatic rings. The van der Waals surface area contributed by atoms with Crippen molar-refractivity contribution in [3.8, 4) is 11.8 Å². The van der Waals surface area contributed by atoms with Crippen LogP contribution in [0.4, 0.5) is 5.69 Å². The minimum Gasteiger partial charge on any atom is -0.496 e. The monoisotopic (exact) mass is 428 g/mol. The number of hydrogen-bond donors (Lipinski definition) is 1. The Balaban J connectivity index is 1.46. The second-order valence-electron chi connectivity index (χ2n) is 8.42. The van der Waals surface area contributed by atoms with Gasteiger partial charge in [0, 0.05) is 36.3 Å². The molecule has 32 heavy (non-hydrogen) atoms. The zero-order chi connectivity index (χ0) is 22.7. The van der Waals surface area contributed by atoms with Crippen molar-refractivity contribution in [2.45, 2.75) is 39.2 Å². The summed E-state index contributed by atoms with van der Waals surface area (Å²) in [6.45, 7) is 5.48. The number of piperidine rings is 1. The SMILES string of the molecule is COc1ccccc1CC(=O)N1CCC(Nc2c(C#N)cnc3c(C)cc(C)cc23)CC1. The maximum absolute atomic E-state index is 12.8. The van der Waals surface area contributed by atoms with E-state index in [1.807, 2.05) is 36.1 Å². The first-order valence-corrected chi connectivity index (χ1v) is 11.0. The maximum atomic E-state index is 12.8. The quantitative estimate of drug-likeness (QED) is 0.653. The topological polar surface area (TPSA) is 78.2 Å². The molecule has 6 nitrogen and oxygen atoms in total. The summed E-state index contributed by atoms with van der Waals surface area (Å²) < 4.78 is 5.38. The number of carbonyl (C=O) groups excluding carboxylic acids is 1. The highest BCUT2D eigenvalue weighted by atomic mass is 16.5. The normalized spacial score (nSPS) is 14.2. The minimum absolute atomic E-state index is 0.117. The van der Waals surface area contributed by atoms with Gasteiger partial charge in [-0.15, -0.1) is 0 Å². The number of anilines is 1. The van der Waals surface area contributed by atoms with Gasteiger partial charge in [-0.3, -0.25) is 9.78 Å². The third-order valence-electron chi connectivity index (χ3n) is 6.16. The number of aromatic nitrogens is 1. The lowest BCUT2D eigenvalue weighted by atomic mass is 10.00. The van der Waals surface area contributed by atoms with Crippen LogP contribution in [0.15, 0.2) is 42.6 Å². The van der Waals surface area contributed by atoms with E-state index in [1.165, 1.54) is 0 Å². The Morgan fingerprint density at radius 1 is 1.25 bits per heavy atom. The maximum Gasteiger partial charge on any atom is 0.227 e. The molecule has 1 fully saturated rings. The molecule has 1 amide bonds. The number of nitrogens with zero attached hydrogens (tertiary/aromatic N) is 3. The number of fused-ring (bicyclic) bond motifs is 1. The Morgan fingerprint density at radius 3 is 2.72 bits per heavy atom. The van der Waals surface area contributed by atoms with Crippen molar-refractivity contribution in [2.24, 2.45) is 0 Å². The zero-order valence-electron chi connectivity index (χ0n) is 18.8. The van der Waals surface area contributed by atoms with Crippen molar-refractivity contribution >= 4 is 22.5 Å². The molecule has 0 aliphatic carbocycles. The van der Waals surface area contributed by atoms with E-state index in [0.29, 0.717) is 25.1 Å². The Labute approximate surface area is 188 Å². The molecule has 4 rings (SSSR count). The molecular formula is C26H28N4O2. The molecule has 0 bridgehead atoms. The van der Waals surface area contributed by atoms with Crippen molar-refractivity contribution in [2.75, 3.05) is 25.5 Å². The molecule has 1 aliphatic rings. The first-order valence-electron chi connectivity index (χ1n) is 11.0. The van der Waals surface area contributed by atoms with Gasteiger partial charge in [-0.2, -0.15) is 5.26 Å². The van der Waals surface area contributed by atoms with Crippen molar-refractivity contribution in [1.82, 2.24) is 9.88 Å². The lowest BCUT2D eigenvalue weighted by Crippen LogP contribution is -2.43. The highest BCUT2D eigenvalue weighted by Gasteiger charge is 2.24. The molecule has 0 saturated carbocycles. The standard InChI is InChI=1S/C26H28N4O2/c1-17-12-18(2)25-22(13-17)26(20(15-27)16-28-25)29-21-8-10-30(11-9-21)24(31)14-19-6-4-5-7-23(19)32-3/h4-7,12-13,16,21H,8-11,14H2,1-3H3,(H,28,29). The van der Waals surface area contributed by atoms with Gasteiger partial charge in [0.15, 0.2) is 0 Å². The molecule has 2 heterocycles. The van der Waals surface area contributed by atoms with Crippen molar-refractivity contribution < 1.29 is 9.53 Å². The predicted octanol–water partition coefficient (Wildman–Crippen LogP) is 4.38. The third kappa shape index (κ3) is 4.38. The van der Waals surface area contributed by atoms with Gasteiger partial charge in [0.2, 0.25) is 5.91 Å². The molecule has 1 saturated heterocycles. The van der Waals surface area contributed by atoms with Gasteiger partial charge in [0.1, 0.15) is 11.8 Å². The van der Waals surface area contributed by atoms with Crippen LogP contribution in [-0.4, -0.2) is 42.0 Å². The number of nitriles is 1. The number of amides is 1. The summed E-state index contributed by atoms with van der Waals surface area (Å²) in [5.74, 6) is 0.864. The first-order chi connectivity index (χ1) is 15.5. The second-order valence-corrected chi connectivity index (χ2v) is 8.42. The number of hydrogen-bond acceptors (Lipinski definition) is 5. The van der Waals surface area contributed by atoms with Crippen molar-refractivity contribution in [3.05, 3.63) is 64.8 Å². The molecular weight excluding hydrogens is 400 g/mol. The first kappa shape index (κ1) is 21.6. The second kappa shape index (κ2) is 9.27. The number of para-hydroxylation sites is 1. The number of nitrogens with one attached hydrogen (secondary N) is 1. The van der Waals surface area contributed by atoms with Gasteiger partial charge in [-0.25, -0.2) is 0 Å². The Kier molecular flexibility index (Phi) is 6.27. The molecule has 0 unspecified atom stereocenters. The molecule has 164 valence electrons. The molecule has 0 spiro atoms. The van der Waals surface area contributed by atoms with Crippen LogP contribution in [0.2, 0.25) is 0 Å². The fraction of sp³-hybridized carbons (Fsp3) is 0.346. The lowest BCUT2D eigenvalue weighted by molar-refractivity contribution is -0.131. The molecule has 6 heteroatoms. The molecule has 0 radical (unpaired) electrons. The summed E-state index contributed by atoms with van der Waals surface area (Å²) in [6, 6.07) is 14.3. The number of ether oxygens (including phenoxy) is 1. The average molecular weight is 429 g/mol. The van der Waals surface area contributed by atoms with Gasteiger partial charge in [-0.1, -0.05) is 29.8 Å². The fourth-order valence-corrected chi connectivity index (χ4v) is 4.50.